The van der Waals surface area contributed by atoms with E-state index in [1.165, 1.54) is 12.1 Å². The number of nitrogens with one attached hydrogen (secondary N) is 1. The average molecular weight is 306 g/mol. The molecule has 1 N–H and O–H groups in total. The number of carbonyl (C=O) groups excluding carboxylic acids is 1. The summed E-state index contributed by atoms with van der Waals surface area (Å²) in [6.45, 7) is 6.89. The van der Waals surface area contributed by atoms with Gasteiger partial charge in [0.05, 0.1) is 0 Å². The Balaban J connectivity index is 2.00. The summed E-state index contributed by atoms with van der Waals surface area (Å²) in [4.78, 5) is 14.8. The van der Waals surface area contributed by atoms with Gasteiger partial charge in [0, 0.05) is 19.0 Å². The number of rotatable bonds is 6. The van der Waals surface area contributed by atoms with E-state index >= 15 is 0 Å². The highest BCUT2D eigenvalue weighted by Gasteiger charge is 2.25. The molecule has 1 aromatic rings. The highest BCUT2D eigenvalue weighted by Crippen LogP contribution is 2.23. The van der Waals surface area contributed by atoms with Crippen molar-refractivity contribution >= 4 is 5.91 Å². The average Bonchev–Trinajstić information content (AvgIpc) is 2.53. The molecule has 1 aromatic carbocycles. The van der Waals surface area contributed by atoms with E-state index in [9.17, 15) is 9.18 Å². The predicted octanol–water partition coefficient (Wildman–Crippen LogP) is 3.31. The largest absolute Gasteiger partial charge is 0.340 e. The highest BCUT2D eigenvalue weighted by molar-refractivity contribution is 5.77. The molecule has 0 bridgehead atoms. The van der Waals surface area contributed by atoms with Crippen LogP contribution in [-0.2, 0) is 4.79 Å². The summed E-state index contributed by atoms with van der Waals surface area (Å²) in [5.74, 6) is 0.00958. The van der Waals surface area contributed by atoms with Gasteiger partial charge in [0.1, 0.15) is 5.82 Å². The van der Waals surface area contributed by atoms with E-state index in [-0.39, 0.29) is 17.6 Å². The zero-order valence-electron chi connectivity index (χ0n) is 13.6. The molecule has 1 fully saturated rings. The standard InChI is InChI=1S/C18H27FN2O/c1-3-11-21(17-7-9-20-10-8-17)18(22)12-14(2)15-5-4-6-16(19)13-15/h4-6,13-14,17,20H,3,7-12H2,1-2H3. The number of piperidine rings is 1. The first-order chi connectivity index (χ1) is 10.6. The van der Waals surface area contributed by atoms with Crippen molar-refractivity contribution in [1.82, 2.24) is 10.2 Å². The second-order valence-electron chi connectivity index (χ2n) is 6.23. The lowest BCUT2D eigenvalue weighted by atomic mass is 9.96. The molecule has 1 unspecified atom stereocenters. The Morgan fingerprint density at radius 1 is 1.41 bits per heavy atom. The molecule has 1 aliphatic rings. The molecule has 1 aliphatic heterocycles. The lowest BCUT2D eigenvalue weighted by Crippen LogP contribution is -2.46. The molecular weight excluding hydrogens is 279 g/mol. The van der Waals surface area contributed by atoms with E-state index in [4.69, 9.17) is 0 Å². The Bertz CT molecular complexity index is 486. The van der Waals surface area contributed by atoms with Crippen molar-refractivity contribution in [3.63, 3.8) is 0 Å². The quantitative estimate of drug-likeness (QED) is 0.874. The fourth-order valence-electron chi connectivity index (χ4n) is 3.18. The molecular formula is C18H27FN2O. The van der Waals surface area contributed by atoms with Crippen LogP contribution >= 0.6 is 0 Å². The first-order valence-corrected chi connectivity index (χ1v) is 8.37. The van der Waals surface area contributed by atoms with Crippen molar-refractivity contribution in [2.75, 3.05) is 19.6 Å². The van der Waals surface area contributed by atoms with Gasteiger partial charge in [-0.3, -0.25) is 4.79 Å². The molecule has 22 heavy (non-hydrogen) atoms. The molecule has 3 nitrogen and oxygen atoms in total. The van der Waals surface area contributed by atoms with Crippen LogP contribution in [0.2, 0.25) is 0 Å². The van der Waals surface area contributed by atoms with Gasteiger partial charge in [-0.15, -0.1) is 0 Å². The lowest BCUT2D eigenvalue weighted by molar-refractivity contribution is -0.134. The van der Waals surface area contributed by atoms with Crippen molar-refractivity contribution in [3.05, 3.63) is 35.6 Å². The Hall–Kier alpha value is -1.42. The Morgan fingerprint density at radius 2 is 2.14 bits per heavy atom. The third-order valence-electron chi connectivity index (χ3n) is 4.43. The van der Waals surface area contributed by atoms with Crippen LogP contribution in [0, 0.1) is 5.82 Å². The maximum absolute atomic E-state index is 13.3. The number of benzene rings is 1. The Kier molecular flexibility index (Phi) is 6.37. The summed E-state index contributed by atoms with van der Waals surface area (Å²) in [5, 5.41) is 3.34. The van der Waals surface area contributed by atoms with E-state index in [0.717, 1.165) is 44.5 Å². The van der Waals surface area contributed by atoms with Gasteiger partial charge in [0.2, 0.25) is 5.91 Å². The normalized spacial score (nSPS) is 17.2. The van der Waals surface area contributed by atoms with Gasteiger partial charge >= 0.3 is 0 Å². The summed E-state index contributed by atoms with van der Waals surface area (Å²) in [6, 6.07) is 6.94. The van der Waals surface area contributed by atoms with Crippen molar-refractivity contribution in [2.24, 2.45) is 0 Å². The van der Waals surface area contributed by atoms with Gasteiger partial charge in [0.25, 0.3) is 0 Å². The van der Waals surface area contributed by atoms with Gasteiger partial charge < -0.3 is 10.2 Å². The molecule has 0 aliphatic carbocycles. The smallest absolute Gasteiger partial charge is 0.223 e. The minimum absolute atomic E-state index is 0.0456. The molecule has 1 heterocycles. The van der Waals surface area contributed by atoms with E-state index in [1.807, 2.05) is 13.0 Å². The van der Waals surface area contributed by atoms with E-state index < -0.39 is 0 Å². The van der Waals surface area contributed by atoms with Gasteiger partial charge in [-0.05, 0) is 56.0 Å². The monoisotopic (exact) mass is 306 g/mol. The van der Waals surface area contributed by atoms with Crippen LogP contribution in [0.3, 0.4) is 0 Å². The van der Waals surface area contributed by atoms with Crippen LogP contribution in [0.1, 0.15) is 51.0 Å². The van der Waals surface area contributed by atoms with Gasteiger partial charge in [-0.2, -0.15) is 0 Å². The van der Waals surface area contributed by atoms with Crippen LogP contribution in [0.15, 0.2) is 24.3 Å². The van der Waals surface area contributed by atoms with Crippen LogP contribution in [0.25, 0.3) is 0 Å². The molecule has 1 atom stereocenters. The zero-order valence-corrected chi connectivity index (χ0v) is 13.6. The zero-order chi connectivity index (χ0) is 15.9. The Morgan fingerprint density at radius 3 is 2.77 bits per heavy atom. The SMILES string of the molecule is CCCN(C(=O)CC(C)c1cccc(F)c1)C1CCNCC1. The molecule has 0 saturated carbocycles. The molecule has 0 aromatic heterocycles. The second-order valence-corrected chi connectivity index (χ2v) is 6.23. The number of hydrogen-bond donors (Lipinski definition) is 1. The number of nitrogens with zero attached hydrogens (tertiary/aromatic N) is 1. The number of amides is 1. The third kappa shape index (κ3) is 4.54. The summed E-state index contributed by atoms with van der Waals surface area (Å²) < 4.78 is 13.3. The van der Waals surface area contributed by atoms with Crippen molar-refractivity contribution in [3.8, 4) is 0 Å². The van der Waals surface area contributed by atoms with Crippen LogP contribution in [0.4, 0.5) is 4.39 Å². The first kappa shape index (κ1) is 16.9. The van der Waals surface area contributed by atoms with Crippen LogP contribution in [0.5, 0.6) is 0 Å². The third-order valence-corrected chi connectivity index (χ3v) is 4.43. The summed E-state index contributed by atoms with van der Waals surface area (Å²) >= 11 is 0. The van der Waals surface area contributed by atoms with Gasteiger partial charge in [-0.25, -0.2) is 4.39 Å². The highest BCUT2D eigenvalue weighted by atomic mass is 19.1. The Labute approximate surface area is 132 Å². The number of halogens is 1. The summed E-state index contributed by atoms with van der Waals surface area (Å²) in [6.07, 6.45) is 3.48. The summed E-state index contributed by atoms with van der Waals surface area (Å²) in [5.41, 5.74) is 0.898. The minimum Gasteiger partial charge on any atom is -0.340 e. The fraction of sp³-hybridized carbons (Fsp3) is 0.611. The van der Waals surface area contributed by atoms with Gasteiger partial charge in [0.15, 0.2) is 0 Å². The van der Waals surface area contributed by atoms with Gasteiger partial charge in [-0.1, -0.05) is 26.0 Å². The van der Waals surface area contributed by atoms with Crippen LogP contribution < -0.4 is 5.32 Å². The maximum atomic E-state index is 13.3. The molecule has 1 saturated heterocycles. The van der Waals surface area contributed by atoms with Crippen molar-refractivity contribution in [1.29, 1.82) is 0 Å². The van der Waals surface area contributed by atoms with Crippen LogP contribution in [-0.4, -0.2) is 36.5 Å². The summed E-state index contributed by atoms with van der Waals surface area (Å²) in [7, 11) is 0. The molecule has 2 rings (SSSR count). The van der Waals surface area contributed by atoms with E-state index in [1.54, 1.807) is 6.07 Å². The molecule has 1 amide bonds. The van der Waals surface area contributed by atoms with Crippen molar-refractivity contribution in [2.45, 2.75) is 51.5 Å². The number of carbonyl (C=O) groups is 1. The second kappa shape index (κ2) is 8.28. The molecule has 0 spiro atoms. The lowest BCUT2D eigenvalue weighted by Gasteiger charge is -2.35. The molecule has 0 radical (unpaired) electrons. The predicted molar refractivity (Wildman–Crippen MR) is 87.3 cm³/mol. The van der Waals surface area contributed by atoms with E-state index in [0.29, 0.717) is 12.5 Å². The maximum Gasteiger partial charge on any atom is 0.223 e. The molecule has 4 heteroatoms. The fourth-order valence-corrected chi connectivity index (χ4v) is 3.18. The topological polar surface area (TPSA) is 32.3 Å². The number of hydrogen-bond acceptors (Lipinski definition) is 2. The first-order valence-electron chi connectivity index (χ1n) is 8.37. The molecule has 122 valence electrons. The van der Waals surface area contributed by atoms with Crippen molar-refractivity contribution < 1.29 is 9.18 Å². The minimum atomic E-state index is -0.236. The van der Waals surface area contributed by atoms with E-state index in [2.05, 4.69) is 17.1 Å².